The monoisotopic (exact) mass is 375 g/mol. The second-order valence-corrected chi connectivity index (χ2v) is 10.2. The Bertz CT molecular complexity index is 475. The van der Waals surface area contributed by atoms with Gasteiger partial charge in [0.15, 0.2) is 0 Å². The van der Waals surface area contributed by atoms with Gasteiger partial charge in [0.05, 0.1) is 11.2 Å². The van der Waals surface area contributed by atoms with Crippen LogP contribution in [0.25, 0.3) is 0 Å². The topological polar surface area (TPSA) is 54.4 Å². The number of hydrogen-bond donors (Lipinski definition) is 0. The quantitative estimate of drug-likeness (QED) is 0.446. The van der Waals surface area contributed by atoms with Crippen LogP contribution in [-0.2, 0) is 13.6 Å². The van der Waals surface area contributed by atoms with Crippen molar-refractivity contribution in [2.45, 2.75) is 85.4 Å². The van der Waals surface area contributed by atoms with Gasteiger partial charge >= 0.3 is 7.75 Å². The number of hydrogen-bond acceptors (Lipinski definition) is 3. The van der Waals surface area contributed by atoms with E-state index in [1.807, 2.05) is 53.5 Å². The lowest BCUT2D eigenvalue weighted by molar-refractivity contribution is 0.0493. The normalized spacial score (nSPS) is 18.5. The predicted octanol–water partition coefficient (Wildman–Crippen LogP) is 4.91. The molecule has 0 aromatic heterocycles. The molecule has 0 aromatic rings. The average Bonchev–Trinajstić information content (AvgIpc) is 2.71. The third-order valence-electron chi connectivity index (χ3n) is 3.60. The van der Waals surface area contributed by atoms with E-state index in [2.05, 4.69) is 16.6 Å². The van der Waals surface area contributed by atoms with Crippen molar-refractivity contribution in [3.05, 3.63) is 0 Å². The van der Waals surface area contributed by atoms with Gasteiger partial charge in [-0.2, -0.15) is 0 Å². The first-order valence-corrected chi connectivity index (χ1v) is 10.9. The SMILES string of the molecule is CCCCCCN1CCN(C)/C1=N\P(=O)(OC(C)(C)C)OC(C)(C)C. The van der Waals surface area contributed by atoms with Crippen LogP contribution in [0, 0.1) is 0 Å². The Balaban J connectivity index is 3.00. The third-order valence-corrected chi connectivity index (χ3v) is 5.58. The number of likely N-dealkylation sites (N-methyl/N-ethyl adjacent to an activating group) is 1. The summed E-state index contributed by atoms with van der Waals surface area (Å²) in [5, 5.41) is 0. The molecule has 0 amide bonds. The average molecular weight is 375 g/mol. The van der Waals surface area contributed by atoms with Gasteiger partial charge in [0.1, 0.15) is 0 Å². The number of unbranched alkanes of at least 4 members (excludes halogenated alkanes) is 3. The van der Waals surface area contributed by atoms with E-state index in [0.717, 1.165) is 26.1 Å². The summed E-state index contributed by atoms with van der Waals surface area (Å²) in [7, 11) is -1.65. The van der Waals surface area contributed by atoms with Crippen molar-refractivity contribution in [2.75, 3.05) is 26.7 Å². The highest BCUT2D eigenvalue weighted by atomic mass is 31.2. The number of guanidine groups is 1. The molecule has 0 aromatic carbocycles. The molecule has 0 bridgehead atoms. The summed E-state index contributed by atoms with van der Waals surface area (Å²) in [6.07, 6.45) is 4.79. The lowest BCUT2D eigenvalue weighted by Gasteiger charge is -2.30. The second kappa shape index (κ2) is 8.88. The van der Waals surface area contributed by atoms with Gasteiger partial charge in [0.25, 0.3) is 0 Å². The largest absolute Gasteiger partial charge is 0.458 e. The van der Waals surface area contributed by atoms with Crippen LogP contribution in [0.15, 0.2) is 4.76 Å². The van der Waals surface area contributed by atoms with Crippen molar-refractivity contribution in [1.29, 1.82) is 0 Å². The molecule has 148 valence electrons. The molecule has 0 unspecified atom stereocenters. The maximum Gasteiger partial charge on any atom is 0.458 e. The molecule has 6 nitrogen and oxygen atoms in total. The van der Waals surface area contributed by atoms with E-state index in [9.17, 15) is 4.57 Å². The molecule has 1 heterocycles. The molecular weight excluding hydrogens is 337 g/mol. The minimum Gasteiger partial charge on any atom is -0.344 e. The van der Waals surface area contributed by atoms with Gasteiger partial charge < -0.3 is 9.80 Å². The van der Waals surface area contributed by atoms with Gasteiger partial charge in [0, 0.05) is 26.7 Å². The van der Waals surface area contributed by atoms with Gasteiger partial charge in [-0.25, -0.2) is 4.57 Å². The molecule has 1 aliphatic heterocycles. The fourth-order valence-corrected chi connectivity index (χ4v) is 4.66. The Morgan fingerprint density at radius 3 is 2.04 bits per heavy atom. The van der Waals surface area contributed by atoms with Crippen LogP contribution in [0.3, 0.4) is 0 Å². The summed E-state index contributed by atoms with van der Waals surface area (Å²) in [6.45, 7) is 16.1. The van der Waals surface area contributed by atoms with Gasteiger partial charge in [-0.15, -0.1) is 4.76 Å². The Morgan fingerprint density at radius 2 is 1.56 bits per heavy atom. The zero-order chi connectivity index (χ0) is 19.3. The Hall–Kier alpha value is -0.580. The van der Waals surface area contributed by atoms with Gasteiger partial charge in [-0.1, -0.05) is 26.2 Å². The molecule has 1 aliphatic rings. The van der Waals surface area contributed by atoms with Crippen molar-refractivity contribution in [3.63, 3.8) is 0 Å². The molecule has 0 saturated carbocycles. The van der Waals surface area contributed by atoms with E-state index in [1.54, 1.807) is 0 Å². The van der Waals surface area contributed by atoms with E-state index < -0.39 is 18.9 Å². The van der Waals surface area contributed by atoms with E-state index >= 15 is 0 Å². The lowest BCUT2D eigenvalue weighted by Crippen LogP contribution is -2.33. The fraction of sp³-hybridized carbons (Fsp3) is 0.944. The van der Waals surface area contributed by atoms with Crippen LogP contribution in [0.1, 0.15) is 74.1 Å². The van der Waals surface area contributed by atoms with E-state index in [-0.39, 0.29) is 0 Å². The Labute approximate surface area is 154 Å². The van der Waals surface area contributed by atoms with Crippen LogP contribution in [0.4, 0.5) is 0 Å². The smallest absolute Gasteiger partial charge is 0.344 e. The third kappa shape index (κ3) is 8.57. The summed E-state index contributed by atoms with van der Waals surface area (Å²) in [4.78, 5) is 4.23. The fourth-order valence-electron chi connectivity index (χ4n) is 2.65. The number of rotatable bonds is 8. The van der Waals surface area contributed by atoms with Gasteiger partial charge in [0.2, 0.25) is 5.96 Å². The highest BCUT2D eigenvalue weighted by molar-refractivity contribution is 7.52. The van der Waals surface area contributed by atoms with Crippen LogP contribution < -0.4 is 0 Å². The molecule has 1 rings (SSSR count). The van der Waals surface area contributed by atoms with Crippen LogP contribution in [0.5, 0.6) is 0 Å². The zero-order valence-electron chi connectivity index (χ0n) is 17.5. The molecule has 1 fully saturated rings. The van der Waals surface area contributed by atoms with Crippen molar-refractivity contribution < 1.29 is 13.6 Å². The summed E-state index contributed by atoms with van der Waals surface area (Å²) in [5.74, 6) is 0.716. The van der Waals surface area contributed by atoms with E-state index in [1.165, 1.54) is 19.3 Å². The molecular formula is C18H38N3O3P. The van der Waals surface area contributed by atoms with Crippen LogP contribution in [0.2, 0.25) is 0 Å². The molecule has 0 atom stereocenters. The van der Waals surface area contributed by atoms with Crippen LogP contribution in [-0.4, -0.2) is 53.6 Å². The van der Waals surface area contributed by atoms with E-state index in [4.69, 9.17) is 9.05 Å². The number of nitrogens with zero attached hydrogens (tertiary/aromatic N) is 3. The van der Waals surface area contributed by atoms with Crippen molar-refractivity contribution in [1.82, 2.24) is 9.80 Å². The molecule has 0 aliphatic carbocycles. The summed E-state index contributed by atoms with van der Waals surface area (Å²) in [5.41, 5.74) is -1.21. The van der Waals surface area contributed by atoms with Gasteiger partial charge in [-0.05, 0) is 48.0 Å². The highest BCUT2D eigenvalue weighted by Gasteiger charge is 2.38. The van der Waals surface area contributed by atoms with Crippen molar-refractivity contribution in [3.8, 4) is 0 Å². The summed E-state index contributed by atoms with van der Waals surface area (Å²) >= 11 is 0. The van der Waals surface area contributed by atoms with Crippen molar-refractivity contribution in [2.24, 2.45) is 4.76 Å². The lowest BCUT2D eigenvalue weighted by atomic mass is 10.2. The molecule has 0 N–H and O–H groups in total. The standard InChI is InChI=1S/C18H38N3O3P/c1-9-10-11-12-13-21-15-14-20(8)16(21)19-25(22,23-17(2,3)4)24-18(5,6)7/h9-15H2,1-8H3/b19-16+. The van der Waals surface area contributed by atoms with Gasteiger partial charge in [-0.3, -0.25) is 9.05 Å². The summed E-state index contributed by atoms with van der Waals surface area (Å²) < 4.78 is 29.5. The predicted molar refractivity (Wildman–Crippen MR) is 105 cm³/mol. The maximum absolute atomic E-state index is 13.4. The maximum atomic E-state index is 13.4. The molecule has 0 radical (unpaired) electrons. The molecule has 25 heavy (non-hydrogen) atoms. The first-order valence-electron chi connectivity index (χ1n) is 9.43. The second-order valence-electron chi connectivity index (χ2n) is 8.75. The highest BCUT2D eigenvalue weighted by Crippen LogP contribution is 2.56. The van der Waals surface area contributed by atoms with Crippen LogP contribution >= 0.6 is 7.75 Å². The minimum atomic E-state index is -3.63. The van der Waals surface area contributed by atoms with Crippen molar-refractivity contribution >= 4 is 13.7 Å². The zero-order valence-corrected chi connectivity index (χ0v) is 18.4. The first-order chi connectivity index (χ1) is 11.4. The molecule has 1 saturated heterocycles. The summed E-state index contributed by atoms with van der Waals surface area (Å²) in [6, 6.07) is 0. The molecule has 7 heteroatoms. The Kier molecular flexibility index (Phi) is 7.97. The minimum absolute atomic E-state index is 0.603. The molecule has 0 spiro atoms. The van der Waals surface area contributed by atoms with E-state index in [0.29, 0.717) is 5.96 Å². The first kappa shape index (κ1) is 22.5. The Morgan fingerprint density at radius 1 is 1.00 bits per heavy atom.